The lowest BCUT2D eigenvalue weighted by atomic mass is 9.96. The Bertz CT molecular complexity index is 628. The molecule has 2 rings (SSSR count). The zero-order valence-corrected chi connectivity index (χ0v) is 13.7. The van der Waals surface area contributed by atoms with E-state index in [4.69, 9.17) is 4.74 Å². The van der Waals surface area contributed by atoms with Gasteiger partial charge in [0.1, 0.15) is 5.75 Å². The van der Waals surface area contributed by atoms with Gasteiger partial charge in [0.05, 0.1) is 12.4 Å². The third-order valence-electron chi connectivity index (χ3n) is 3.75. The van der Waals surface area contributed by atoms with Crippen LogP contribution in [0.3, 0.4) is 0 Å². The van der Waals surface area contributed by atoms with Crippen LogP contribution in [0.5, 0.6) is 5.75 Å². The van der Waals surface area contributed by atoms with Crippen LogP contribution in [-0.4, -0.2) is 51.6 Å². The van der Waals surface area contributed by atoms with Gasteiger partial charge in [-0.15, -0.1) is 0 Å². The van der Waals surface area contributed by atoms with E-state index in [-0.39, 0.29) is 24.1 Å². The maximum absolute atomic E-state index is 12.2. The van der Waals surface area contributed by atoms with Crippen LogP contribution in [0.4, 0.5) is 0 Å². The highest BCUT2D eigenvalue weighted by atomic mass is 32.2. The summed E-state index contributed by atoms with van der Waals surface area (Å²) in [6.07, 6.45) is 1.24. The van der Waals surface area contributed by atoms with Gasteiger partial charge >= 0.3 is 0 Å². The van der Waals surface area contributed by atoms with Gasteiger partial charge in [-0.3, -0.25) is 4.79 Å². The zero-order chi connectivity index (χ0) is 16.2. The standard InChI is InChI=1S/C15H22N2O4S/c1-17(2)22(19,20)10-8-16-15(18)13-7-9-21-14-6-4-3-5-12(14)11-13/h3-6,13H,7-11H2,1-2H3,(H,16,18)/t13-/m0/s1. The third kappa shape index (κ3) is 4.20. The molecular weight excluding hydrogens is 304 g/mol. The number of hydrogen-bond acceptors (Lipinski definition) is 4. The number of hydrogen-bond donors (Lipinski definition) is 1. The maximum atomic E-state index is 12.2. The number of ether oxygens (including phenoxy) is 1. The van der Waals surface area contributed by atoms with Crippen LogP contribution in [0.25, 0.3) is 0 Å². The molecule has 1 aromatic rings. The van der Waals surface area contributed by atoms with E-state index in [0.29, 0.717) is 19.4 Å². The fourth-order valence-corrected chi connectivity index (χ4v) is 3.07. The summed E-state index contributed by atoms with van der Waals surface area (Å²) in [5, 5.41) is 2.72. The molecule has 0 bridgehead atoms. The maximum Gasteiger partial charge on any atom is 0.223 e. The molecule has 0 unspecified atom stereocenters. The van der Waals surface area contributed by atoms with Gasteiger partial charge in [0.15, 0.2) is 0 Å². The van der Waals surface area contributed by atoms with E-state index in [1.54, 1.807) is 0 Å². The molecule has 22 heavy (non-hydrogen) atoms. The Morgan fingerprint density at radius 3 is 2.82 bits per heavy atom. The first-order valence-corrected chi connectivity index (χ1v) is 8.89. The molecule has 1 aliphatic heterocycles. The number of nitrogens with zero attached hydrogens (tertiary/aromatic N) is 1. The van der Waals surface area contributed by atoms with E-state index in [1.807, 2.05) is 24.3 Å². The molecule has 1 aliphatic rings. The van der Waals surface area contributed by atoms with E-state index >= 15 is 0 Å². The molecule has 0 saturated heterocycles. The monoisotopic (exact) mass is 326 g/mol. The molecule has 0 fully saturated rings. The van der Waals surface area contributed by atoms with Crippen molar-refractivity contribution in [3.63, 3.8) is 0 Å². The first kappa shape index (κ1) is 16.8. The summed E-state index contributed by atoms with van der Waals surface area (Å²) in [7, 11) is -0.321. The molecular formula is C15H22N2O4S. The van der Waals surface area contributed by atoms with E-state index in [2.05, 4.69) is 5.32 Å². The summed E-state index contributed by atoms with van der Waals surface area (Å²) < 4.78 is 30.1. The van der Waals surface area contributed by atoms with E-state index in [1.165, 1.54) is 14.1 Å². The first-order valence-electron chi connectivity index (χ1n) is 7.29. The van der Waals surface area contributed by atoms with Crippen molar-refractivity contribution in [3.05, 3.63) is 29.8 Å². The van der Waals surface area contributed by atoms with Crippen molar-refractivity contribution in [2.24, 2.45) is 5.92 Å². The van der Waals surface area contributed by atoms with Crippen LogP contribution in [0, 0.1) is 5.92 Å². The minimum Gasteiger partial charge on any atom is -0.493 e. The molecule has 0 saturated carbocycles. The number of sulfonamides is 1. The highest BCUT2D eigenvalue weighted by molar-refractivity contribution is 7.89. The van der Waals surface area contributed by atoms with Crippen molar-refractivity contribution in [1.82, 2.24) is 9.62 Å². The molecule has 1 N–H and O–H groups in total. The smallest absolute Gasteiger partial charge is 0.223 e. The van der Waals surface area contributed by atoms with E-state index < -0.39 is 10.0 Å². The second kappa shape index (κ2) is 7.11. The number of para-hydroxylation sites is 1. The molecule has 1 amide bonds. The third-order valence-corrected chi connectivity index (χ3v) is 5.58. The lowest BCUT2D eigenvalue weighted by Crippen LogP contribution is -2.37. The Hall–Kier alpha value is -1.60. The number of benzene rings is 1. The summed E-state index contributed by atoms with van der Waals surface area (Å²) in [5.41, 5.74) is 1.01. The number of carbonyl (C=O) groups excluding carboxylic acids is 1. The van der Waals surface area contributed by atoms with E-state index in [0.717, 1.165) is 15.6 Å². The summed E-state index contributed by atoms with van der Waals surface area (Å²) in [6.45, 7) is 0.615. The molecule has 1 atom stereocenters. The summed E-state index contributed by atoms with van der Waals surface area (Å²) in [4.78, 5) is 12.2. The minimum atomic E-state index is -3.29. The summed E-state index contributed by atoms with van der Waals surface area (Å²) in [5.74, 6) is 0.430. The van der Waals surface area contributed by atoms with Crippen LogP contribution >= 0.6 is 0 Å². The number of fused-ring (bicyclic) bond motifs is 1. The quantitative estimate of drug-likeness (QED) is 0.861. The average molecular weight is 326 g/mol. The Labute approximate surface area is 131 Å². The van der Waals surface area contributed by atoms with Crippen molar-refractivity contribution in [3.8, 4) is 5.75 Å². The Morgan fingerprint density at radius 1 is 1.36 bits per heavy atom. The van der Waals surface area contributed by atoms with Gasteiger partial charge in [-0.25, -0.2) is 12.7 Å². The van der Waals surface area contributed by atoms with Gasteiger partial charge in [0, 0.05) is 26.6 Å². The highest BCUT2D eigenvalue weighted by Gasteiger charge is 2.24. The van der Waals surface area contributed by atoms with Crippen molar-refractivity contribution in [2.45, 2.75) is 12.8 Å². The SMILES string of the molecule is CN(C)S(=O)(=O)CCNC(=O)[C@H]1CCOc2ccccc2C1. The molecule has 122 valence electrons. The Morgan fingerprint density at radius 2 is 2.09 bits per heavy atom. The van der Waals surface area contributed by atoms with Crippen molar-refractivity contribution < 1.29 is 17.9 Å². The molecule has 0 radical (unpaired) electrons. The fraction of sp³-hybridized carbons (Fsp3) is 0.533. The molecule has 6 nitrogen and oxygen atoms in total. The largest absolute Gasteiger partial charge is 0.493 e. The molecule has 0 spiro atoms. The number of rotatable bonds is 5. The Kier molecular flexibility index (Phi) is 5.42. The topological polar surface area (TPSA) is 75.7 Å². The van der Waals surface area contributed by atoms with Gasteiger partial charge in [-0.2, -0.15) is 0 Å². The van der Waals surface area contributed by atoms with Crippen molar-refractivity contribution >= 4 is 15.9 Å². The van der Waals surface area contributed by atoms with E-state index in [9.17, 15) is 13.2 Å². The molecule has 0 aromatic heterocycles. The van der Waals surface area contributed by atoms with Crippen LogP contribution in [0.1, 0.15) is 12.0 Å². The average Bonchev–Trinajstić information content (AvgIpc) is 2.69. The predicted octanol–water partition coefficient (Wildman–Crippen LogP) is 0.635. The summed E-state index contributed by atoms with van der Waals surface area (Å²) in [6, 6.07) is 7.69. The highest BCUT2D eigenvalue weighted by Crippen LogP contribution is 2.26. The molecule has 1 heterocycles. The van der Waals surface area contributed by atoms with Crippen LogP contribution in [-0.2, 0) is 21.2 Å². The second-order valence-electron chi connectivity index (χ2n) is 5.54. The molecule has 0 aliphatic carbocycles. The van der Waals surface area contributed by atoms with Crippen molar-refractivity contribution in [2.75, 3.05) is 33.0 Å². The van der Waals surface area contributed by atoms with Crippen LogP contribution in [0.2, 0.25) is 0 Å². The fourth-order valence-electron chi connectivity index (χ4n) is 2.35. The number of carbonyl (C=O) groups is 1. The lowest BCUT2D eigenvalue weighted by molar-refractivity contribution is -0.125. The van der Waals surface area contributed by atoms with Gasteiger partial charge in [0.25, 0.3) is 0 Å². The minimum absolute atomic E-state index is 0.0917. The zero-order valence-electron chi connectivity index (χ0n) is 12.9. The van der Waals surface area contributed by atoms with Gasteiger partial charge in [0.2, 0.25) is 15.9 Å². The number of nitrogens with one attached hydrogen (secondary N) is 1. The normalized spacial score (nSPS) is 18.2. The molecule has 7 heteroatoms. The van der Waals surface area contributed by atoms with Crippen LogP contribution < -0.4 is 10.1 Å². The van der Waals surface area contributed by atoms with Gasteiger partial charge in [-0.05, 0) is 24.5 Å². The Balaban J connectivity index is 1.91. The number of amides is 1. The first-order chi connectivity index (χ1) is 10.4. The lowest BCUT2D eigenvalue weighted by Gasteiger charge is -2.15. The van der Waals surface area contributed by atoms with Crippen LogP contribution in [0.15, 0.2) is 24.3 Å². The summed E-state index contributed by atoms with van der Waals surface area (Å²) >= 11 is 0. The molecule has 1 aromatic carbocycles. The van der Waals surface area contributed by atoms with Gasteiger partial charge in [-0.1, -0.05) is 18.2 Å². The van der Waals surface area contributed by atoms with Gasteiger partial charge < -0.3 is 10.1 Å². The van der Waals surface area contributed by atoms with Crippen molar-refractivity contribution in [1.29, 1.82) is 0 Å². The predicted molar refractivity (Wildman–Crippen MR) is 84.2 cm³/mol. The second-order valence-corrected chi connectivity index (χ2v) is 7.84.